The molecule has 0 aliphatic heterocycles. The molecule has 0 aromatic heterocycles. The van der Waals surface area contributed by atoms with Gasteiger partial charge in [-0.1, -0.05) is 71.2 Å². The van der Waals surface area contributed by atoms with Gasteiger partial charge in [0.2, 0.25) is 0 Å². The number of hydrogen-bond donors (Lipinski definition) is 1. The summed E-state index contributed by atoms with van der Waals surface area (Å²) in [6, 6.07) is 19.3. The van der Waals surface area contributed by atoms with Gasteiger partial charge in [-0.05, 0) is 35.4 Å². The van der Waals surface area contributed by atoms with Crippen molar-refractivity contribution >= 4 is 34.8 Å². The number of nitrogens with one attached hydrogen (secondary N) is 1. The number of methoxy groups -OCH3 is 1. The van der Waals surface area contributed by atoms with Gasteiger partial charge in [0.05, 0.1) is 12.1 Å². The largest absolute Gasteiger partial charge is 0.493 e. The van der Waals surface area contributed by atoms with Crippen molar-refractivity contribution in [1.29, 1.82) is 0 Å². The summed E-state index contributed by atoms with van der Waals surface area (Å²) in [6.45, 7) is 1.69. The first-order valence-electron chi connectivity index (χ1n) is 8.74. The molecular weight excluding hydrogens is 417 g/mol. The van der Waals surface area contributed by atoms with Crippen molar-refractivity contribution in [3.63, 3.8) is 0 Å². The van der Waals surface area contributed by atoms with E-state index in [0.29, 0.717) is 33.1 Å². The molecule has 146 valence electrons. The van der Waals surface area contributed by atoms with Crippen molar-refractivity contribution in [2.45, 2.75) is 19.7 Å². The quantitative estimate of drug-likeness (QED) is 0.436. The minimum atomic E-state index is 0.262. The third-order valence-corrected chi connectivity index (χ3v) is 5.05. The molecule has 0 bridgehead atoms. The van der Waals surface area contributed by atoms with Crippen LogP contribution in [0.5, 0.6) is 11.5 Å². The van der Waals surface area contributed by atoms with E-state index < -0.39 is 0 Å². The van der Waals surface area contributed by atoms with Crippen LogP contribution in [0.2, 0.25) is 15.1 Å². The van der Waals surface area contributed by atoms with Gasteiger partial charge in [0, 0.05) is 28.7 Å². The molecule has 0 saturated carbocycles. The number of ether oxygens (including phenoxy) is 2. The molecule has 0 aliphatic carbocycles. The predicted molar refractivity (Wildman–Crippen MR) is 116 cm³/mol. The van der Waals surface area contributed by atoms with E-state index >= 15 is 0 Å². The molecule has 0 aliphatic rings. The van der Waals surface area contributed by atoms with Gasteiger partial charge in [-0.3, -0.25) is 0 Å². The maximum atomic E-state index is 6.45. The molecular formula is C22H20Cl3NO2. The SMILES string of the molecule is COc1cc(CNCc2ccccc2)cc(Cl)c1OCc1ccc(Cl)cc1Cl. The first-order chi connectivity index (χ1) is 13.6. The number of halogens is 3. The van der Waals surface area contributed by atoms with Crippen molar-refractivity contribution in [1.82, 2.24) is 5.32 Å². The molecule has 28 heavy (non-hydrogen) atoms. The Kier molecular flexibility index (Phi) is 7.46. The summed E-state index contributed by atoms with van der Waals surface area (Å²) in [5.41, 5.74) is 3.05. The number of rotatable bonds is 8. The average molecular weight is 437 g/mol. The molecule has 3 rings (SSSR count). The van der Waals surface area contributed by atoms with Gasteiger partial charge in [0.25, 0.3) is 0 Å². The van der Waals surface area contributed by atoms with E-state index in [1.807, 2.05) is 36.4 Å². The van der Waals surface area contributed by atoms with E-state index in [0.717, 1.165) is 17.7 Å². The van der Waals surface area contributed by atoms with Gasteiger partial charge in [-0.15, -0.1) is 0 Å². The predicted octanol–water partition coefficient (Wildman–Crippen LogP) is 6.52. The van der Waals surface area contributed by atoms with Crippen LogP contribution < -0.4 is 14.8 Å². The van der Waals surface area contributed by atoms with E-state index in [1.165, 1.54) is 5.56 Å². The Morgan fingerprint density at radius 2 is 1.57 bits per heavy atom. The van der Waals surface area contributed by atoms with E-state index in [9.17, 15) is 0 Å². The molecule has 3 nitrogen and oxygen atoms in total. The van der Waals surface area contributed by atoms with Crippen LogP contribution in [-0.2, 0) is 19.7 Å². The van der Waals surface area contributed by atoms with Crippen LogP contribution in [0.25, 0.3) is 0 Å². The summed E-state index contributed by atoms with van der Waals surface area (Å²) in [5, 5.41) is 5.01. The van der Waals surface area contributed by atoms with Crippen molar-refractivity contribution < 1.29 is 9.47 Å². The minimum absolute atomic E-state index is 0.262. The molecule has 0 heterocycles. The smallest absolute Gasteiger partial charge is 0.180 e. The maximum absolute atomic E-state index is 6.45. The van der Waals surface area contributed by atoms with E-state index in [4.69, 9.17) is 44.3 Å². The second-order valence-corrected chi connectivity index (χ2v) is 7.47. The summed E-state index contributed by atoms with van der Waals surface area (Å²) < 4.78 is 11.4. The first-order valence-corrected chi connectivity index (χ1v) is 9.88. The van der Waals surface area contributed by atoms with Crippen LogP contribution in [0.15, 0.2) is 60.7 Å². The summed E-state index contributed by atoms with van der Waals surface area (Å²) in [5.74, 6) is 1.07. The molecule has 3 aromatic rings. The molecule has 3 aromatic carbocycles. The molecule has 0 spiro atoms. The van der Waals surface area contributed by atoms with E-state index in [2.05, 4.69) is 17.4 Å². The van der Waals surface area contributed by atoms with Crippen LogP contribution in [0.3, 0.4) is 0 Å². The highest BCUT2D eigenvalue weighted by Crippen LogP contribution is 2.37. The van der Waals surface area contributed by atoms with Gasteiger partial charge in [0.1, 0.15) is 6.61 Å². The lowest BCUT2D eigenvalue weighted by Crippen LogP contribution is -2.12. The van der Waals surface area contributed by atoms with Crippen molar-refractivity contribution in [3.05, 3.63) is 92.4 Å². The van der Waals surface area contributed by atoms with Crippen molar-refractivity contribution in [2.75, 3.05) is 7.11 Å². The van der Waals surface area contributed by atoms with E-state index in [-0.39, 0.29) is 6.61 Å². The fourth-order valence-electron chi connectivity index (χ4n) is 2.75. The Labute approximate surface area is 180 Å². The Hall–Kier alpha value is -1.91. The molecule has 0 saturated heterocycles. The Morgan fingerprint density at radius 1 is 0.821 bits per heavy atom. The topological polar surface area (TPSA) is 30.5 Å². The molecule has 6 heteroatoms. The van der Waals surface area contributed by atoms with Gasteiger partial charge >= 0.3 is 0 Å². The zero-order valence-electron chi connectivity index (χ0n) is 15.3. The lowest BCUT2D eigenvalue weighted by molar-refractivity contribution is 0.284. The van der Waals surface area contributed by atoms with Crippen LogP contribution in [0.4, 0.5) is 0 Å². The second kappa shape index (κ2) is 10.0. The van der Waals surface area contributed by atoms with Gasteiger partial charge in [0.15, 0.2) is 11.5 Å². The second-order valence-electron chi connectivity index (χ2n) is 6.22. The Bertz CT molecular complexity index is 933. The maximum Gasteiger partial charge on any atom is 0.180 e. The Balaban J connectivity index is 1.67. The van der Waals surface area contributed by atoms with Gasteiger partial charge < -0.3 is 14.8 Å². The highest BCUT2D eigenvalue weighted by molar-refractivity contribution is 6.35. The minimum Gasteiger partial charge on any atom is -0.493 e. The van der Waals surface area contributed by atoms with Crippen LogP contribution in [0.1, 0.15) is 16.7 Å². The molecule has 0 amide bonds. The first kappa shape index (κ1) is 20.8. The zero-order chi connectivity index (χ0) is 19.9. The summed E-state index contributed by atoms with van der Waals surface area (Å²) in [7, 11) is 1.59. The summed E-state index contributed by atoms with van der Waals surface area (Å²) >= 11 is 18.6. The third-order valence-electron chi connectivity index (χ3n) is 4.18. The fraction of sp³-hybridized carbons (Fsp3) is 0.182. The normalized spacial score (nSPS) is 10.7. The standard InChI is InChI=1S/C22H20Cl3NO2/c1-27-21-10-16(13-26-12-15-5-3-2-4-6-15)9-20(25)22(21)28-14-17-7-8-18(23)11-19(17)24/h2-11,26H,12-14H2,1H3. The Morgan fingerprint density at radius 3 is 2.29 bits per heavy atom. The molecule has 0 fully saturated rings. The summed E-state index contributed by atoms with van der Waals surface area (Å²) in [6.07, 6.45) is 0. The highest BCUT2D eigenvalue weighted by atomic mass is 35.5. The fourth-order valence-corrected chi connectivity index (χ4v) is 3.50. The third kappa shape index (κ3) is 5.55. The number of benzene rings is 3. The molecule has 1 N–H and O–H groups in total. The van der Waals surface area contributed by atoms with Gasteiger partial charge in [-0.2, -0.15) is 0 Å². The van der Waals surface area contributed by atoms with Crippen LogP contribution in [-0.4, -0.2) is 7.11 Å². The summed E-state index contributed by atoms with van der Waals surface area (Å²) in [4.78, 5) is 0. The van der Waals surface area contributed by atoms with E-state index in [1.54, 1.807) is 19.2 Å². The highest BCUT2D eigenvalue weighted by Gasteiger charge is 2.13. The van der Waals surface area contributed by atoms with Gasteiger partial charge in [-0.25, -0.2) is 0 Å². The lowest BCUT2D eigenvalue weighted by Gasteiger charge is -2.15. The van der Waals surface area contributed by atoms with Crippen LogP contribution >= 0.6 is 34.8 Å². The van der Waals surface area contributed by atoms with Crippen molar-refractivity contribution in [3.8, 4) is 11.5 Å². The average Bonchev–Trinajstić information content (AvgIpc) is 2.69. The van der Waals surface area contributed by atoms with Crippen molar-refractivity contribution in [2.24, 2.45) is 0 Å². The molecule has 0 atom stereocenters. The molecule has 0 radical (unpaired) electrons. The van der Waals surface area contributed by atoms with Crippen LogP contribution in [0, 0.1) is 0 Å². The zero-order valence-corrected chi connectivity index (χ0v) is 17.6. The number of hydrogen-bond acceptors (Lipinski definition) is 3. The molecule has 0 unspecified atom stereocenters. The monoisotopic (exact) mass is 435 g/mol. The lowest BCUT2D eigenvalue weighted by atomic mass is 10.1.